The zero-order valence-electron chi connectivity index (χ0n) is 7.81. The van der Waals surface area contributed by atoms with Crippen molar-refractivity contribution in [2.45, 2.75) is 6.54 Å². The first-order valence-electron chi connectivity index (χ1n) is 4.16. The number of carboxylic acids is 1. The third-order valence-electron chi connectivity index (χ3n) is 1.91. The number of halogens is 1. The Morgan fingerprint density at radius 2 is 2.31 bits per heavy atom. The van der Waals surface area contributed by atoms with Crippen molar-refractivity contribution >= 4 is 45.0 Å². The maximum absolute atomic E-state index is 11.1. The summed E-state index contributed by atoms with van der Waals surface area (Å²) in [5.74, 6) is -1.75. The molecule has 2 rings (SSSR count). The van der Waals surface area contributed by atoms with Crippen LogP contribution in [0.4, 0.5) is 0 Å². The van der Waals surface area contributed by atoms with Gasteiger partial charge in [-0.25, -0.2) is 0 Å². The van der Waals surface area contributed by atoms with Gasteiger partial charge in [-0.1, -0.05) is 11.6 Å². The lowest BCUT2D eigenvalue weighted by molar-refractivity contribution is -0.137. The van der Waals surface area contributed by atoms with Gasteiger partial charge in [0.1, 0.15) is 6.54 Å². The van der Waals surface area contributed by atoms with Gasteiger partial charge in [0.2, 0.25) is 0 Å². The van der Waals surface area contributed by atoms with Crippen LogP contribution in [0.15, 0.2) is 6.07 Å². The monoisotopic (exact) mass is 259 g/mol. The Morgan fingerprint density at radius 1 is 1.62 bits per heavy atom. The van der Waals surface area contributed by atoms with E-state index in [0.29, 0.717) is 14.6 Å². The number of nitrogens with zero attached hydrogens (tertiary/aromatic N) is 2. The van der Waals surface area contributed by atoms with Crippen molar-refractivity contribution < 1.29 is 14.7 Å². The number of amides is 1. The van der Waals surface area contributed by atoms with Crippen molar-refractivity contribution in [1.82, 2.24) is 9.78 Å². The quantitative estimate of drug-likeness (QED) is 0.857. The van der Waals surface area contributed by atoms with Crippen LogP contribution in [-0.2, 0) is 11.3 Å². The molecule has 0 radical (unpaired) electrons. The molecule has 0 aliphatic carbocycles. The number of primary amides is 1. The van der Waals surface area contributed by atoms with Gasteiger partial charge >= 0.3 is 5.97 Å². The summed E-state index contributed by atoms with van der Waals surface area (Å²) in [6.45, 7) is -0.336. The molecule has 0 aromatic carbocycles. The summed E-state index contributed by atoms with van der Waals surface area (Å²) in [6.07, 6.45) is 0. The van der Waals surface area contributed by atoms with Crippen molar-refractivity contribution in [3.63, 3.8) is 0 Å². The normalized spacial score (nSPS) is 10.8. The number of aromatic nitrogens is 2. The van der Waals surface area contributed by atoms with Gasteiger partial charge in [0, 0.05) is 0 Å². The summed E-state index contributed by atoms with van der Waals surface area (Å²) in [5.41, 5.74) is 5.69. The largest absolute Gasteiger partial charge is 0.480 e. The molecule has 0 spiro atoms. The number of nitrogens with two attached hydrogens (primary N) is 1. The van der Waals surface area contributed by atoms with E-state index in [1.165, 1.54) is 4.68 Å². The molecule has 2 aromatic heterocycles. The van der Waals surface area contributed by atoms with Crippen LogP contribution < -0.4 is 5.73 Å². The molecule has 0 aliphatic rings. The van der Waals surface area contributed by atoms with E-state index in [4.69, 9.17) is 22.4 Å². The molecule has 84 valence electrons. The third-order valence-corrected chi connectivity index (χ3v) is 3.17. The maximum atomic E-state index is 11.1. The molecule has 0 atom stereocenters. The molecule has 0 bridgehead atoms. The Kier molecular flexibility index (Phi) is 2.56. The Labute approximate surface area is 98.2 Å². The highest BCUT2D eigenvalue weighted by Gasteiger charge is 2.18. The second-order valence-corrected chi connectivity index (χ2v) is 4.71. The second-order valence-electron chi connectivity index (χ2n) is 3.03. The lowest BCUT2D eigenvalue weighted by atomic mass is 10.4. The Hall–Kier alpha value is -1.60. The van der Waals surface area contributed by atoms with Crippen molar-refractivity contribution in [3.8, 4) is 0 Å². The van der Waals surface area contributed by atoms with E-state index in [0.717, 1.165) is 11.3 Å². The molecule has 0 saturated heterocycles. The smallest absolute Gasteiger partial charge is 0.325 e. The Morgan fingerprint density at radius 3 is 2.88 bits per heavy atom. The average Bonchev–Trinajstić information content (AvgIpc) is 2.64. The molecule has 2 heterocycles. The fourth-order valence-electron chi connectivity index (χ4n) is 1.34. The summed E-state index contributed by atoms with van der Waals surface area (Å²) < 4.78 is 2.16. The topological polar surface area (TPSA) is 98.2 Å². The molecule has 2 aromatic rings. The Bertz CT molecular complexity index is 589. The molecule has 8 heteroatoms. The van der Waals surface area contributed by atoms with Crippen molar-refractivity contribution in [1.29, 1.82) is 0 Å². The van der Waals surface area contributed by atoms with Crippen LogP contribution in [0.2, 0.25) is 4.34 Å². The number of hydrogen-bond donors (Lipinski definition) is 2. The zero-order chi connectivity index (χ0) is 11.9. The van der Waals surface area contributed by atoms with E-state index in [-0.39, 0.29) is 12.2 Å². The van der Waals surface area contributed by atoms with Gasteiger partial charge < -0.3 is 10.8 Å². The van der Waals surface area contributed by atoms with Gasteiger partial charge in [0.25, 0.3) is 5.91 Å². The summed E-state index contributed by atoms with van der Waals surface area (Å²) in [4.78, 5) is 21.7. The minimum atomic E-state index is -1.05. The van der Waals surface area contributed by atoms with E-state index in [2.05, 4.69) is 5.10 Å². The van der Waals surface area contributed by atoms with Crippen molar-refractivity contribution in [3.05, 3.63) is 16.1 Å². The summed E-state index contributed by atoms with van der Waals surface area (Å²) >= 11 is 6.93. The molecule has 0 aliphatic heterocycles. The lowest BCUT2D eigenvalue weighted by Gasteiger charge is -1.95. The van der Waals surface area contributed by atoms with Gasteiger partial charge in [-0.05, 0) is 6.07 Å². The van der Waals surface area contributed by atoms with Crippen molar-refractivity contribution in [2.75, 3.05) is 0 Å². The fourth-order valence-corrected chi connectivity index (χ4v) is 2.55. The Balaban J connectivity index is 2.65. The molecule has 1 amide bonds. The summed E-state index contributed by atoms with van der Waals surface area (Å²) in [6, 6.07) is 1.56. The molecule has 0 saturated carbocycles. The third kappa shape index (κ3) is 1.74. The highest BCUT2D eigenvalue weighted by atomic mass is 35.5. The van der Waals surface area contributed by atoms with Crippen LogP contribution in [-0.4, -0.2) is 26.8 Å². The van der Waals surface area contributed by atoms with Crippen LogP contribution in [0.25, 0.3) is 10.2 Å². The van der Waals surface area contributed by atoms with Gasteiger partial charge in [-0.3, -0.25) is 14.3 Å². The van der Waals surface area contributed by atoms with Crippen LogP contribution in [0, 0.1) is 0 Å². The molecule has 16 heavy (non-hydrogen) atoms. The molecule has 3 N–H and O–H groups in total. The molecule has 0 unspecified atom stereocenters. The van der Waals surface area contributed by atoms with Gasteiger partial charge in [-0.2, -0.15) is 5.10 Å². The lowest BCUT2D eigenvalue weighted by Crippen LogP contribution is -2.14. The number of aliphatic carboxylic acids is 1. The fraction of sp³-hybridized carbons (Fsp3) is 0.125. The van der Waals surface area contributed by atoms with Gasteiger partial charge in [0.05, 0.1) is 14.6 Å². The van der Waals surface area contributed by atoms with E-state index < -0.39 is 11.9 Å². The van der Waals surface area contributed by atoms with E-state index in [1.54, 1.807) is 6.07 Å². The predicted molar refractivity (Wildman–Crippen MR) is 58.8 cm³/mol. The number of thiophene rings is 1. The average molecular weight is 260 g/mol. The van der Waals surface area contributed by atoms with Crippen LogP contribution in [0.3, 0.4) is 0 Å². The number of fused-ring (bicyclic) bond motifs is 1. The SMILES string of the molecule is NC(=O)c1nn(CC(=O)O)c2cc(Cl)sc12. The summed E-state index contributed by atoms with van der Waals surface area (Å²) in [7, 11) is 0. The van der Waals surface area contributed by atoms with E-state index in [9.17, 15) is 9.59 Å². The first kappa shape index (κ1) is 10.9. The van der Waals surface area contributed by atoms with Gasteiger partial charge in [0.15, 0.2) is 5.69 Å². The van der Waals surface area contributed by atoms with Crippen LogP contribution >= 0.6 is 22.9 Å². The first-order chi connectivity index (χ1) is 7.49. The van der Waals surface area contributed by atoms with Crippen LogP contribution in [0.1, 0.15) is 10.5 Å². The standard InChI is InChI=1S/C8H6ClN3O3S/c9-4-1-3-7(16-4)6(8(10)15)11-12(3)2-5(13)14/h1H,2H2,(H2,10,15)(H,13,14). The molecular weight excluding hydrogens is 254 g/mol. The minimum Gasteiger partial charge on any atom is -0.480 e. The number of carbonyl (C=O) groups is 2. The first-order valence-corrected chi connectivity index (χ1v) is 5.36. The number of rotatable bonds is 3. The highest BCUT2D eigenvalue weighted by Crippen LogP contribution is 2.31. The predicted octanol–water partition coefficient (Wildman–Crippen LogP) is 0.935. The maximum Gasteiger partial charge on any atom is 0.325 e. The summed E-state index contributed by atoms with van der Waals surface area (Å²) in [5, 5.41) is 12.5. The van der Waals surface area contributed by atoms with E-state index in [1.807, 2.05) is 0 Å². The minimum absolute atomic E-state index is 0.0492. The number of hydrogen-bond acceptors (Lipinski definition) is 4. The number of carbonyl (C=O) groups excluding carboxylic acids is 1. The highest BCUT2D eigenvalue weighted by molar-refractivity contribution is 7.23. The number of carboxylic acid groups (broad SMARTS) is 1. The molecular formula is C8H6ClN3O3S. The van der Waals surface area contributed by atoms with Crippen molar-refractivity contribution in [2.24, 2.45) is 5.73 Å². The second kappa shape index (κ2) is 3.76. The molecule has 6 nitrogen and oxygen atoms in total. The zero-order valence-corrected chi connectivity index (χ0v) is 9.38. The molecule has 0 fully saturated rings. The van der Waals surface area contributed by atoms with E-state index >= 15 is 0 Å². The van der Waals surface area contributed by atoms with Crippen LogP contribution in [0.5, 0.6) is 0 Å². The van der Waals surface area contributed by atoms with Gasteiger partial charge in [-0.15, -0.1) is 11.3 Å².